The zero-order valence-electron chi connectivity index (χ0n) is 15.5. The van der Waals surface area contributed by atoms with Gasteiger partial charge in [-0.3, -0.25) is 14.5 Å². The number of fused-ring (bicyclic) bond motifs is 1. The van der Waals surface area contributed by atoms with Crippen molar-refractivity contribution in [2.24, 2.45) is 5.92 Å². The van der Waals surface area contributed by atoms with E-state index in [1.807, 2.05) is 13.8 Å². The van der Waals surface area contributed by atoms with Gasteiger partial charge in [0.05, 0.1) is 5.92 Å². The summed E-state index contributed by atoms with van der Waals surface area (Å²) in [7, 11) is 0. The molecule has 1 atom stereocenters. The maximum absolute atomic E-state index is 12.5. The lowest BCUT2D eigenvalue weighted by Crippen LogP contribution is -2.34. The minimum Gasteiger partial charge on any atom is -0.355 e. The standard InChI is InChI=1S/C18H22N6O2S/c1-10-13-4-3-5-14(13)21-15(20-10)6-7-19-17(26)12-8-16(25)24(9-12)18-23-22-11(2)27-18/h12H,3-9H2,1-2H3,(H,19,26). The lowest BCUT2D eigenvalue weighted by atomic mass is 10.1. The highest BCUT2D eigenvalue weighted by Gasteiger charge is 2.36. The lowest BCUT2D eigenvalue weighted by molar-refractivity contribution is -0.126. The average molecular weight is 386 g/mol. The minimum absolute atomic E-state index is 0.0797. The van der Waals surface area contributed by atoms with Crippen LogP contribution in [0.3, 0.4) is 0 Å². The normalized spacial score (nSPS) is 18.8. The summed E-state index contributed by atoms with van der Waals surface area (Å²) in [5.74, 6) is 0.236. The highest BCUT2D eigenvalue weighted by molar-refractivity contribution is 7.15. The number of nitrogens with zero attached hydrogens (tertiary/aromatic N) is 5. The second kappa shape index (κ2) is 7.30. The molecule has 1 aliphatic heterocycles. The molecule has 1 fully saturated rings. The summed E-state index contributed by atoms with van der Waals surface area (Å²) in [6.45, 7) is 4.70. The molecule has 8 nitrogen and oxygen atoms in total. The van der Waals surface area contributed by atoms with Gasteiger partial charge < -0.3 is 5.32 Å². The van der Waals surface area contributed by atoms with Crippen molar-refractivity contribution in [3.63, 3.8) is 0 Å². The molecule has 2 amide bonds. The first-order valence-corrected chi connectivity index (χ1v) is 10.1. The zero-order valence-corrected chi connectivity index (χ0v) is 16.3. The Labute approximate surface area is 161 Å². The molecule has 0 radical (unpaired) electrons. The Morgan fingerprint density at radius 3 is 2.89 bits per heavy atom. The second-order valence-electron chi connectivity index (χ2n) is 7.05. The summed E-state index contributed by atoms with van der Waals surface area (Å²) < 4.78 is 0. The van der Waals surface area contributed by atoms with Crippen LogP contribution in [0.4, 0.5) is 5.13 Å². The average Bonchev–Trinajstić information content (AvgIpc) is 3.34. The van der Waals surface area contributed by atoms with Gasteiger partial charge in [-0.2, -0.15) is 0 Å². The second-order valence-corrected chi connectivity index (χ2v) is 8.21. The maximum atomic E-state index is 12.5. The zero-order chi connectivity index (χ0) is 19.0. The van der Waals surface area contributed by atoms with Crippen molar-refractivity contribution >= 4 is 28.3 Å². The third-order valence-electron chi connectivity index (χ3n) is 5.08. The SMILES string of the molecule is Cc1nnc(N2CC(C(=O)NCCc3nc(C)c4c(n3)CCC4)CC2=O)s1. The van der Waals surface area contributed by atoms with Gasteiger partial charge in [-0.1, -0.05) is 11.3 Å². The first-order chi connectivity index (χ1) is 13.0. The van der Waals surface area contributed by atoms with Gasteiger partial charge in [0.1, 0.15) is 10.8 Å². The summed E-state index contributed by atoms with van der Waals surface area (Å²) in [6, 6.07) is 0. The van der Waals surface area contributed by atoms with Gasteiger partial charge >= 0.3 is 0 Å². The van der Waals surface area contributed by atoms with E-state index < -0.39 is 0 Å². The molecule has 142 valence electrons. The van der Waals surface area contributed by atoms with E-state index in [1.54, 1.807) is 4.90 Å². The van der Waals surface area contributed by atoms with Crippen molar-refractivity contribution in [3.05, 3.63) is 27.8 Å². The number of nitrogens with one attached hydrogen (secondary N) is 1. The van der Waals surface area contributed by atoms with Gasteiger partial charge in [-0.25, -0.2) is 9.97 Å². The first-order valence-electron chi connectivity index (χ1n) is 9.24. The Morgan fingerprint density at radius 2 is 2.11 bits per heavy atom. The van der Waals surface area contributed by atoms with Crippen LogP contribution in [0.15, 0.2) is 0 Å². The van der Waals surface area contributed by atoms with Crippen LogP contribution in [0, 0.1) is 19.8 Å². The monoisotopic (exact) mass is 386 g/mol. The number of aryl methyl sites for hydroxylation is 3. The summed E-state index contributed by atoms with van der Waals surface area (Å²) in [4.78, 5) is 35.4. The van der Waals surface area contributed by atoms with Gasteiger partial charge in [0.25, 0.3) is 0 Å². The Kier molecular flexibility index (Phi) is 4.86. The highest BCUT2D eigenvalue weighted by Crippen LogP contribution is 2.27. The molecule has 1 N–H and O–H groups in total. The van der Waals surface area contributed by atoms with Crippen molar-refractivity contribution in [2.75, 3.05) is 18.0 Å². The Hall–Kier alpha value is -2.42. The van der Waals surface area contributed by atoms with E-state index in [-0.39, 0.29) is 24.2 Å². The molecule has 3 heterocycles. The molecular formula is C18H22N6O2S. The van der Waals surface area contributed by atoms with Gasteiger partial charge in [0.15, 0.2) is 0 Å². The van der Waals surface area contributed by atoms with Gasteiger partial charge in [-0.15, -0.1) is 10.2 Å². The van der Waals surface area contributed by atoms with E-state index in [1.165, 1.54) is 16.9 Å². The Bertz CT molecular complexity index is 896. The van der Waals surface area contributed by atoms with Crippen molar-refractivity contribution in [1.82, 2.24) is 25.5 Å². The van der Waals surface area contributed by atoms with Gasteiger partial charge in [-0.05, 0) is 38.7 Å². The fourth-order valence-electron chi connectivity index (χ4n) is 3.70. The predicted octanol–water partition coefficient (Wildman–Crippen LogP) is 1.15. The number of hydrogen-bond donors (Lipinski definition) is 1. The fourth-order valence-corrected chi connectivity index (χ4v) is 4.41. The van der Waals surface area contributed by atoms with Crippen LogP contribution in [-0.2, 0) is 28.9 Å². The molecule has 0 bridgehead atoms. The third-order valence-corrected chi connectivity index (χ3v) is 5.94. The van der Waals surface area contributed by atoms with E-state index in [4.69, 9.17) is 0 Å². The Balaban J connectivity index is 1.31. The van der Waals surface area contributed by atoms with Crippen molar-refractivity contribution in [3.8, 4) is 0 Å². The number of aromatic nitrogens is 4. The first kappa shape index (κ1) is 18.0. The lowest BCUT2D eigenvalue weighted by Gasteiger charge is -2.13. The molecule has 1 saturated heterocycles. The fraction of sp³-hybridized carbons (Fsp3) is 0.556. The van der Waals surface area contributed by atoms with Crippen LogP contribution >= 0.6 is 11.3 Å². The number of hydrogen-bond acceptors (Lipinski definition) is 7. The maximum Gasteiger partial charge on any atom is 0.229 e. The van der Waals surface area contributed by atoms with E-state index in [2.05, 4.69) is 25.5 Å². The van der Waals surface area contributed by atoms with Crippen LogP contribution in [0.5, 0.6) is 0 Å². The van der Waals surface area contributed by atoms with Gasteiger partial charge in [0.2, 0.25) is 16.9 Å². The third kappa shape index (κ3) is 3.69. The van der Waals surface area contributed by atoms with Gasteiger partial charge in [0, 0.05) is 37.3 Å². The van der Waals surface area contributed by atoms with Crippen molar-refractivity contribution in [1.29, 1.82) is 0 Å². The van der Waals surface area contributed by atoms with Crippen LogP contribution in [0.2, 0.25) is 0 Å². The van der Waals surface area contributed by atoms with Crippen molar-refractivity contribution < 1.29 is 9.59 Å². The van der Waals surface area contributed by atoms with E-state index in [9.17, 15) is 9.59 Å². The smallest absolute Gasteiger partial charge is 0.229 e. The molecule has 9 heteroatoms. The number of anilines is 1. The topological polar surface area (TPSA) is 101 Å². The largest absolute Gasteiger partial charge is 0.355 e. The molecular weight excluding hydrogens is 364 g/mol. The molecule has 2 aromatic rings. The highest BCUT2D eigenvalue weighted by atomic mass is 32.1. The number of carbonyl (C=O) groups excluding carboxylic acids is 2. The molecule has 27 heavy (non-hydrogen) atoms. The Morgan fingerprint density at radius 1 is 1.26 bits per heavy atom. The number of amides is 2. The summed E-state index contributed by atoms with van der Waals surface area (Å²) in [6.07, 6.45) is 4.03. The molecule has 1 aliphatic carbocycles. The summed E-state index contributed by atoms with van der Waals surface area (Å²) in [5.41, 5.74) is 3.51. The van der Waals surface area contributed by atoms with E-state index in [0.717, 1.165) is 41.5 Å². The summed E-state index contributed by atoms with van der Waals surface area (Å²) in [5, 5.41) is 12.2. The summed E-state index contributed by atoms with van der Waals surface area (Å²) >= 11 is 1.36. The quantitative estimate of drug-likeness (QED) is 0.827. The molecule has 4 rings (SSSR count). The molecule has 2 aromatic heterocycles. The van der Waals surface area contributed by atoms with Crippen molar-refractivity contribution in [2.45, 2.75) is 46.0 Å². The molecule has 0 saturated carbocycles. The van der Waals surface area contributed by atoms with Crippen LogP contribution < -0.4 is 10.2 Å². The van der Waals surface area contributed by atoms with Crippen LogP contribution in [0.1, 0.15) is 40.6 Å². The van der Waals surface area contributed by atoms with E-state index >= 15 is 0 Å². The molecule has 0 aromatic carbocycles. The predicted molar refractivity (Wildman–Crippen MR) is 101 cm³/mol. The molecule has 0 spiro atoms. The number of carbonyl (C=O) groups is 2. The molecule has 2 aliphatic rings. The molecule has 1 unspecified atom stereocenters. The minimum atomic E-state index is -0.357. The number of rotatable bonds is 5. The van der Waals surface area contributed by atoms with E-state index in [0.29, 0.717) is 24.6 Å². The van der Waals surface area contributed by atoms with Crippen LogP contribution in [-0.4, -0.2) is 45.1 Å². The van der Waals surface area contributed by atoms with Crippen LogP contribution in [0.25, 0.3) is 0 Å².